The number of nitrogens with two attached hydrogens (primary N) is 4. The van der Waals surface area contributed by atoms with Crippen molar-refractivity contribution in [2.24, 2.45) is 17.2 Å². The Bertz CT molecular complexity index is 2440. The van der Waals surface area contributed by atoms with E-state index in [0.29, 0.717) is 45.0 Å². The number of anilines is 4. The maximum absolute atomic E-state index is 12.9. The number of carbonyl (C=O) groups is 6. The summed E-state index contributed by atoms with van der Waals surface area (Å²) in [5, 5.41) is 14.8. The van der Waals surface area contributed by atoms with Gasteiger partial charge in [-0.1, -0.05) is 48.5 Å². The van der Waals surface area contributed by atoms with E-state index < -0.39 is 35.7 Å². The van der Waals surface area contributed by atoms with E-state index in [1.807, 2.05) is 53.2 Å². The van der Waals surface area contributed by atoms with Crippen LogP contribution in [0.1, 0.15) is 57.8 Å². The third-order valence-corrected chi connectivity index (χ3v) is 10.3. The normalized spacial score (nSPS) is 11.5. The van der Waals surface area contributed by atoms with Crippen molar-refractivity contribution in [3.63, 3.8) is 0 Å². The van der Waals surface area contributed by atoms with E-state index in [0.717, 1.165) is 20.9 Å². The van der Waals surface area contributed by atoms with E-state index >= 15 is 0 Å². The number of benzene rings is 4. The molecule has 16 heteroatoms. The molecule has 0 bridgehead atoms. The fourth-order valence-corrected chi connectivity index (χ4v) is 6.99. The molecule has 0 fully saturated rings. The average Bonchev–Trinajstić information content (AvgIpc) is 3.95. The van der Waals surface area contributed by atoms with Crippen LogP contribution in [0.3, 0.4) is 0 Å². The monoisotopic (exact) mass is 816 g/mol. The van der Waals surface area contributed by atoms with E-state index in [4.69, 9.17) is 22.9 Å². The van der Waals surface area contributed by atoms with E-state index in [1.165, 1.54) is 26.0 Å². The van der Waals surface area contributed by atoms with Gasteiger partial charge in [0.1, 0.15) is 12.1 Å². The third kappa shape index (κ3) is 11.0. The number of primary amides is 2. The number of amides is 6. The van der Waals surface area contributed by atoms with E-state index in [-0.39, 0.29) is 11.8 Å². The quantitative estimate of drug-likeness (QED) is 0.0676. The van der Waals surface area contributed by atoms with Crippen LogP contribution >= 0.6 is 22.7 Å². The number of nitrogens with one attached hydrogen (secondary N) is 4. The summed E-state index contributed by atoms with van der Waals surface area (Å²) in [6.07, 6.45) is 0. The lowest BCUT2D eigenvalue weighted by Crippen LogP contribution is -2.36. The maximum atomic E-state index is 12.9. The molecule has 4 aromatic carbocycles. The molecule has 0 aliphatic heterocycles. The van der Waals surface area contributed by atoms with Crippen molar-refractivity contribution in [3.05, 3.63) is 142 Å². The molecule has 6 rings (SSSR count). The first-order valence-electron chi connectivity index (χ1n) is 17.5. The zero-order valence-electron chi connectivity index (χ0n) is 31.3. The van der Waals surface area contributed by atoms with Crippen LogP contribution in [0, 0.1) is 0 Å². The van der Waals surface area contributed by atoms with Gasteiger partial charge in [0, 0.05) is 34.7 Å². The lowest BCUT2D eigenvalue weighted by molar-refractivity contribution is -0.126. The molecular weight excluding hydrogens is 777 g/mol. The van der Waals surface area contributed by atoms with Crippen molar-refractivity contribution in [2.45, 2.75) is 25.9 Å². The van der Waals surface area contributed by atoms with Crippen LogP contribution in [0.2, 0.25) is 0 Å². The third-order valence-electron chi connectivity index (χ3n) is 8.47. The van der Waals surface area contributed by atoms with Crippen LogP contribution in [-0.2, 0) is 19.2 Å². The highest BCUT2D eigenvalue weighted by Gasteiger charge is 2.20. The minimum Gasteiger partial charge on any atom is -0.397 e. The van der Waals surface area contributed by atoms with Gasteiger partial charge in [-0.2, -0.15) is 0 Å². The first kappa shape index (κ1) is 42.0. The molecule has 0 saturated carbocycles. The molecule has 12 N–H and O–H groups in total. The van der Waals surface area contributed by atoms with Crippen LogP contribution in [-0.4, -0.2) is 35.4 Å². The van der Waals surface area contributed by atoms with Gasteiger partial charge in [-0.05, 0) is 93.7 Å². The lowest BCUT2D eigenvalue weighted by atomic mass is 10.0. The largest absolute Gasteiger partial charge is 0.397 e. The Kier molecular flexibility index (Phi) is 13.9. The number of thiophene rings is 2. The summed E-state index contributed by atoms with van der Waals surface area (Å²) >= 11 is 3.17. The molecule has 58 heavy (non-hydrogen) atoms. The molecule has 6 amide bonds. The molecule has 2 unspecified atom stereocenters. The van der Waals surface area contributed by atoms with Gasteiger partial charge in [0.15, 0.2) is 0 Å². The molecule has 296 valence electrons. The molecular formula is C42H40N8O6S2. The van der Waals surface area contributed by atoms with Crippen LogP contribution in [0.15, 0.2) is 120 Å². The van der Waals surface area contributed by atoms with Crippen molar-refractivity contribution in [2.75, 3.05) is 21.7 Å². The van der Waals surface area contributed by atoms with Crippen LogP contribution < -0.4 is 44.2 Å². The molecule has 2 heterocycles. The highest BCUT2D eigenvalue weighted by Crippen LogP contribution is 2.33. The molecule has 0 saturated heterocycles. The van der Waals surface area contributed by atoms with E-state index in [2.05, 4.69) is 21.3 Å². The molecule has 14 nitrogen and oxygen atoms in total. The SMILES string of the molecule is CC(=O)Nc1ccc(-c2cccs2)cc1NC(=O)c1ccc(C(NC(C)=O)C(N)=O)cc1.NC(=O)C(N)c1ccc(C(=O)Nc2cc(-c3cccs3)ccc2N)cc1. The maximum Gasteiger partial charge on any atom is 0.255 e. The molecule has 2 atom stereocenters. The van der Waals surface area contributed by atoms with Crippen molar-refractivity contribution in [3.8, 4) is 20.9 Å². The van der Waals surface area contributed by atoms with Gasteiger partial charge in [0.05, 0.1) is 22.7 Å². The molecule has 0 radical (unpaired) electrons. The van der Waals surface area contributed by atoms with Crippen molar-refractivity contribution in [1.29, 1.82) is 0 Å². The van der Waals surface area contributed by atoms with Gasteiger partial charge < -0.3 is 44.2 Å². The topological polar surface area (TPSA) is 255 Å². The Hall–Kier alpha value is -7.14. The van der Waals surface area contributed by atoms with E-state index in [9.17, 15) is 28.8 Å². The number of nitrogen functional groups attached to an aromatic ring is 1. The van der Waals surface area contributed by atoms with Crippen molar-refractivity contribution >= 4 is 80.9 Å². The highest BCUT2D eigenvalue weighted by atomic mass is 32.1. The highest BCUT2D eigenvalue weighted by molar-refractivity contribution is 7.13. The second-order valence-electron chi connectivity index (χ2n) is 12.8. The first-order chi connectivity index (χ1) is 27.7. The summed E-state index contributed by atoms with van der Waals surface area (Å²) in [6, 6.07) is 29.5. The standard InChI is InChI=1S/C23H22N4O4S.C19H18N4O2S/c1-13(28)25-18-10-9-17(20-4-3-11-32-20)12-19(18)27-23(31)16-7-5-15(6-8-16)21(22(24)30)26-14(2)29;20-14-8-7-13(16-2-1-9-26-16)10-15(14)23-19(25)12-5-3-11(4-6-12)17(21)18(22)24/h3-12,21H,1-2H3,(H2,24,30)(H,25,28)(H,26,29)(H,27,31);1-10,17H,20-21H2,(H2,22,24)(H,23,25). The summed E-state index contributed by atoms with van der Waals surface area (Å²) in [6.45, 7) is 2.68. The summed E-state index contributed by atoms with van der Waals surface area (Å²) in [5.41, 5.74) is 27.8. The van der Waals surface area contributed by atoms with Gasteiger partial charge in [-0.15, -0.1) is 22.7 Å². The summed E-state index contributed by atoms with van der Waals surface area (Å²) in [4.78, 5) is 73.1. The number of carbonyl (C=O) groups excluding carboxylic acids is 6. The Morgan fingerprint density at radius 2 is 1.05 bits per heavy atom. The predicted molar refractivity (Wildman–Crippen MR) is 229 cm³/mol. The molecule has 0 aliphatic carbocycles. The van der Waals surface area contributed by atoms with E-state index in [1.54, 1.807) is 77.3 Å². The number of hydrogen-bond acceptors (Lipinski definition) is 10. The smallest absolute Gasteiger partial charge is 0.255 e. The Morgan fingerprint density at radius 1 is 0.552 bits per heavy atom. The lowest BCUT2D eigenvalue weighted by Gasteiger charge is -2.16. The van der Waals surface area contributed by atoms with Gasteiger partial charge in [0.25, 0.3) is 11.8 Å². The van der Waals surface area contributed by atoms with Gasteiger partial charge in [0.2, 0.25) is 23.6 Å². The number of rotatable bonds is 12. The minimum atomic E-state index is -0.988. The number of hydrogen-bond donors (Lipinski definition) is 8. The van der Waals surface area contributed by atoms with Crippen molar-refractivity contribution in [1.82, 2.24) is 5.32 Å². The van der Waals surface area contributed by atoms with Crippen molar-refractivity contribution < 1.29 is 28.8 Å². The molecule has 6 aromatic rings. The zero-order chi connectivity index (χ0) is 41.9. The van der Waals surface area contributed by atoms with Crippen LogP contribution in [0.4, 0.5) is 22.7 Å². The Labute approximate surface area is 341 Å². The second-order valence-corrected chi connectivity index (χ2v) is 14.7. The van der Waals surface area contributed by atoms with Crippen LogP contribution in [0.25, 0.3) is 20.9 Å². The summed E-state index contributed by atoms with van der Waals surface area (Å²) in [5.74, 6) is -2.69. The second kappa shape index (κ2) is 19.1. The van der Waals surface area contributed by atoms with Crippen LogP contribution in [0.5, 0.6) is 0 Å². The molecule has 0 aliphatic rings. The Balaban J connectivity index is 0.000000226. The fraction of sp³-hybridized carbons (Fsp3) is 0.0952. The van der Waals surface area contributed by atoms with Gasteiger partial charge in [-0.25, -0.2) is 0 Å². The van der Waals surface area contributed by atoms with Gasteiger partial charge in [-0.3, -0.25) is 28.8 Å². The summed E-state index contributed by atoms with van der Waals surface area (Å²) < 4.78 is 0. The predicted octanol–water partition coefficient (Wildman–Crippen LogP) is 6.02. The zero-order valence-corrected chi connectivity index (χ0v) is 32.9. The Morgan fingerprint density at radius 3 is 1.52 bits per heavy atom. The molecule has 0 spiro atoms. The van der Waals surface area contributed by atoms with Gasteiger partial charge >= 0.3 is 0 Å². The average molecular weight is 817 g/mol. The summed E-state index contributed by atoms with van der Waals surface area (Å²) in [7, 11) is 0. The fourth-order valence-electron chi connectivity index (χ4n) is 5.55. The molecule has 2 aromatic heterocycles. The first-order valence-corrected chi connectivity index (χ1v) is 19.3. The minimum absolute atomic E-state index is 0.260.